The highest BCUT2D eigenvalue weighted by atomic mass is 35.5. The molecule has 1 unspecified atom stereocenters. The van der Waals surface area contributed by atoms with Gasteiger partial charge in [-0.3, -0.25) is 4.79 Å². The van der Waals surface area contributed by atoms with Crippen LogP contribution in [0.1, 0.15) is 44.7 Å². The molecule has 0 spiro atoms. The van der Waals surface area contributed by atoms with E-state index in [1.54, 1.807) is 0 Å². The van der Waals surface area contributed by atoms with Crippen LogP contribution in [0.2, 0.25) is 0 Å². The molecule has 0 radical (unpaired) electrons. The molecule has 0 bridgehead atoms. The van der Waals surface area contributed by atoms with Crippen molar-refractivity contribution in [1.29, 1.82) is 0 Å². The summed E-state index contributed by atoms with van der Waals surface area (Å²) in [6.45, 7) is 0. The van der Waals surface area contributed by atoms with Crippen molar-refractivity contribution in [3.05, 3.63) is 50.7 Å². The molecule has 1 aliphatic carbocycles. The predicted molar refractivity (Wildman–Crippen MR) is 87.4 cm³/mol. The van der Waals surface area contributed by atoms with Crippen LogP contribution in [0.25, 0.3) is 0 Å². The number of carbonyl (C=O) groups is 1. The van der Waals surface area contributed by atoms with E-state index < -0.39 is 0 Å². The summed E-state index contributed by atoms with van der Waals surface area (Å²) in [6.07, 6.45) is 5.06. The Labute approximate surface area is 133 Å². The molecule has 21 heavy (non-hydrogen) atoms. The lowest BCUT2D eigenvalue weighted by Gasteiger charge is -2.18. The van der Waals surface area contributed by atoms with Crippen molar-refractivity contribution in [2.45, 2.75) is 37.5 Å². The minimum atomic E-state index is -0.0801. The third kappa shape index (κ3) is 2.39. The van der Waals surface area contributed by atoms with Crippen molar-refractivity contribution in [3.63, 3.8) is 0 Å². The molecule has 2 nitrogen and oxygen atoms in total. The Morgan fingerprint density at radius 1 is 1.10 bits per heavy atom. The monoisotopic (exact) mass is 317 g/mol. The molecule has 4 rings (SSSR count). The molecule has 2 aliphatic rings. The standard InChI is InChI=1S/C17H16ClNOS/c18-17(15-9-11-2-1-3-14(11)21-15)12-4-6-13-10(8-12)5-7-16(20)19-13/h4,6,8-9,17H,1-3,5,7H2,(H,19,20). The molecule has 1 amide bonds. The molecule has 108 valence electrons. The highest BCUT2D eigenvalue weighted by Gasteiger charge is 2.22. The number of fused-ring (bicyclic) bond motifs is 2. The maximum atomic E-state index is 11.4. The Balaban J connectivity index is 1.64. The van der Waals surface area contributed by atoms with E-state index in [4.69, 9.17) is 11.6 Å². The van der Waals surface area contributed by atoms with E-state index in [0.29, 0.717) is 6.42 Å². The van der Waals surface area contributed by atoms with Gasteiger partial charge in [-0.2, -0.15) is 0 Å². The lowest BCUT2D eigenvalue weighted by molar-refractivity contribution is -0.116. The van der Waals surface area contributed by atoms with E-state index >= 15 is 0 Å². The Hall–Kier alpha value is -1.32. The number of hydrogen-bond donors (Lipinski definition) is 1. The second-order valence-electron chi connectivity index (χ2n) is 5.78. The number of thiophene rings is 1. The molecule has 2 heterocycles. The molecule has 1 aromatic heterocycles. The Morgan fingerprint density at radius 2 is 2.00 bits per heavy atom. The van der Waals surface area contributed by atoms with E-state index in [1.807, 2.05) is 23.5 Å². The molecule has 1 aliphatic heterocycles. The maximum Gasteiger partial charge on any atom is 0.224 e. The first kappa shape index (κ1) is 13.4. The van der Waals surface area contributed by atoms with Crippen LogP contribution >= 0.6 is 22.9 Å². The van der Waals surface area contributed by atoms with Gasteiger partial charge >= 0.3 is 0 Å². The smallest absolute Gasteiger partial charge is 0.224 e. The summed E-state index contributed by atoms with van der Waals surface area (Å²) in [4.78, 5) is 14.2. The first-order chi connectivity index (χ1) is 10.2. The molecular weight excluding hydrogens is 302 g/mol. The highest BCUT2D eigenvalue weighted by molar-refractivity contribution is 7.12. The number of alkyl halides is 1. The van der Waals surface area contributed by atoms with Crippen LogP contribution in [-0.4, -0.2) is 5.91 Å². The van der Waals surface area contributed by atoms with Crippen molar-refractivity contribution in [3.8, 4) is 0 Å². The van der Waals surface area contributed by atoms with E-state index in [1.165, 1.54) is 40.1 Å². The molecule has 0 fully saturated rings. The number of carbonyl (C=O) groups excluding carboxylic acids is 1. The molecular formula is C17H16ClNOS. The van der Waals surface area contributed by atoms with Gasteiger partial charge in [-0.05, 0) is 54.5 Å². The Kier molecular flexibility index (Phi) is 3.27. The molecule has 0 saturated heterocycles. The number of halogens is 1. The minimum Gasteiger partial charge on any atom is -0.326 e. The van der Waals surface area contributed by atoms with Gasteiger partial charge in [-0.25, -0.2) is 0 Å². The van der Waals surface area contributed by atoms with Crippen LogP contribution in [0.3, 0.4) is 0 Å². The highest BCUT2D eigenvalue weighted by Crippen LogP contribution is 2.40. The SMILES string of the molecule is O=C1CCc2cc(C(Cl)c3cc4c(s3)CCC4)ccc2N1. The van der Waals surface area contributed by atoms with E-state index in [0.717, 1.165) is 17.7 Å². The van der Waals surface area contributed by atoms with Crippen LogP contribution in [-0.2, 0) is 24.1 Å². The average molecular weight is 318 g/mol. The number of nitrogens with one attached hydrogen (secondary N) is 1. The van der Waals surface area contributed by atoms with Crippen molar-refractivity contribution in [1.82, 2.24) is 0 Å². The molecule has 2 aromatic rings. The summed E-state index contributed by atoms with van der Waals surface area (Å²) >= 11 is 8.55. The van der Waals surface area contributed by atoms with Crippen LogP contribution in [0.4, 0.5) is 5.69 Å². The quantitative estimate of drug-likeness (QED) is 0.815. The summed E-state index contributed by atoms with van der Waals surface area (Å²) in [5, 5.41) is 2.84. The predicted octanol–water partition coefficient (Wildman–Crippen LogP) is 4.45. The van der Waals surface area contributed by atoms with E-state index in [-0.39, 0.29) is 11.3 Å². The van der Waals surface area contributed by atoms with Crippen LogP contribution in [0.15, 0.2) is 24.3 Å². The topological polar surface area (TPSA) is 29.1 Å². The number of anilines is 1. The minimum absolute atomic E-state index is 0.0801. The van der Waals surface area contributed by atoms with Gasteiger partial charge < -0.3 is 5.32 Å². The van der Waals surface area contributed by atoms with Crippen molar-refractivity contribution in [2.24, 2.45) is 0 Å². The first-order valence-electron chi connectivity index (χ1n) is 7.39. The zero-order valence-corrected chi connectivity index (χ0v) is 13.2. The van der Waals surface area contributed by atoms with Gasteiger partial charge in [-0.15, -0.1) is 22.9 Å². The summed E-state index contributed by atoms with van der Waals surface area (Å²) in [5.41, 5.74) is 4.76. The second-order valence-corrected chi connectivity index (χ2v) is 7.38. The molecule has 1 N–H and O–H groups in total. The number of aryl methyl sites for hydroxylation is 3. The van der Waals surface area contributed by atoms with Crippen molar-refractivity contribution in [2.75, 3.05) is 5.32 Å². The van der Waals surface area contributed by atoms with Crippen LogP contribution in [0.5, 0.6) is 0 Å². The second kappa shape index (κ2) is 5.15. The van der Waals surface area contributed by atoms with Gasteiger partial charge in [0.25, 0.3) is 0 Å². The van der Waals surface area contributed by atoms with Crippen LogP contribution < -0.4 is 5.32 Å². The van der Waals surface area contributed by atoms with Gasteiger partial charge in [0.05, 0.1) is 5.38 Å². The number of hydrogen-bond acceptors (Lipinski definition) is 2. The molecule has 1 atom stereocenters. The Morgan fingerprint density at radius 3 is 2.86 bits per heavy atom. The lowest BCUT2D eigenvalue weighted by atomic mass is 9.98. The van der Waals surface area contributed by atoms with Gasteiger partial charge in [0, 0.05) is 21.9 Å². The fourth-order valence-corrected chi connectivity index (χ4v) is 4.80. The third-order valence-corrected chi connectivity index (χ3v) is 6.25. The summed E-state index contributed by atoms with van der Waals surface area (Å²) in [6, 6.07) is 8.45. The average Bonchev–Trinajstić information content (AvgIpc) is 3.07. The first-order valence-corrected chi connectivity index (χ1v) is 8.64. The Bertz CT molecular complexity index is 700. The largest absolute Gasteiger partial charge is 0.326 e. The normalized spacial score (nSPS) is 18.0. The maximum absolute atomic E-state index is 11.4. The summed E-state index contributed by atoms with van der Waals surface area (Å²) in [7, 11) is 0. The lowest BCUT2D eigenvalue weighted by Crippen LogP contribution is -2.19. The van der Waals surface area contributed by atoms with Gasteiger partial charge in [-0.1, -0.05) is 12.1 Å². The van der Waals surface area contributed by atoms with Gasteiger partial charge in [0.1, 0.15) is 0 Å². The molecule has 1 aromatic carbocycles. The molecule has 0 saturated carbocycles. The molecule has 4 heteroatoms. The van der Waals surface area contributed by atoms with E-state index in [9.17, 15) is 4.79 Å². The fraction of sp³-hybridized carbons (Fsp3) is 0.353. The zero-order chi connectivity index (χ0) is 14.4. The number of rotatable bonds is 2. The number of amides is 1. The van der Waals surface area contributed by atoms with Crippen molar-refractivity contribution >= 4 is 34.5 Å². The van der Waals surface area contributed by atoms with Crippen molar-refractivity contribution < 1.29 is 4.79 Å². The van der Waals surface area contributed by atoms with Crippen LogP contribution in [0, 0.1) is 0 Å². The van der Waals surface area contributed by atoms with Gasteiger partial charge in [0.2, 0.25) is 5.91 Å². The number of benzene rings is 1. The summed E-state index contributed by atoms with van der Waals surface area (Å²) < 4.78 is 0. The summed E-state index contributed by atoms with van der Waals surface area (Å²) in [5.74, 6) is 0.104. The van der Waals surface area contributed by atoms with Gasteiger partial charge in [0.15, 0.2) is 0 Å². The third-order valence-electron chi connectivity index (χ3n) is 4.33. The fourth-order valence-electron chi connectivity index (χ4n) is 3.20. The zero-order valence-electron chi connectivity index (χ0n) is 11.6. The van der Waals surface area contributed by atoms with E-state index in [2.05, 4.69) is 17.4 Å².